The molecule has 0 saturated carbocycles. The smallest absolute Gasteiger partial charge is 0.309 e. The Morgan fingerprint density at radius 3 is 1.11 bits per heavy atom. The summed E-state index contributed by atoms with van der Waals surface area (Å²) in [5.74, 6) is -1.04. The molecule has 0 heterocycles. The van der Waals surface area contributed by atoms with Gasteiger partial charge in [0.1, 0.15) is 13.2 Å². The molecule has 0 amide bonds. The monoisotopic (exact) mass is 867 g/mol. The number of esters is 3. The van der Waals surface area contributed by atoms with Gasteiger partial charge in [-0.3, -0.25) is 14.4 Å². The molecule has 0 aromatic heterocycles. The van der Waals surface area contributed by atoms with Crippen LogP contribution in [-0.4, -0.2) is 37.2 Å². The third-order valence-electron chi connectivity index (χ3n) is 11.3. The third kappa shape index (κ3) is 48.1. The van der Waals surface area contributed by atoms with E-state index in [-0.39, 0.29) is 31.6 Å². The molecule has 0 N–H and O–H groups in total. The number of rotatable bonds is 47. The van der Waals surface area contributed by atoms with Crippen LogP contribution >= 0.6 is 0 Å². The molecule has 0 radical (unpaired) electrons. The SMILES string of the molecule is CC/C=C\C/C=C\C/C=C\CC(=O)OCC(COC(=O)CCCCCCCCC/C=C\CCCCCCCCCC)OC(=O)CCCCCCC/C=C\CCCCCCCCC. The fourth-order valence-electron chi connectivity index (χ4n) is 7.32. The van der Waals surface area contributed by atoms with Crippen molar-refractivity contribution >= 4 is 17.9 Å². The van der Waals surface area contributed by atoms with Gasteiger partial charge in [0.15, 0.2) is 6.10 Å². The number of carbonyl (C=O) groups excluding carboxylic acids is 3. The van der Waals surface area contributed by atoms with Crippen LogP contribution in [0.3, 0.4) is 0 Å². The number of unbranched alkanes of at least 4 members (excludes halogenated alkanes) is 27. The first-order valence-corrected chi connectivity index (χ1v) is 26.3. The van der Waals surface area contributed by atoms with Gasteiger partial charge in [-0.1, -0.05) is 216 Å². The van der Waals surface area contributed by atoms with E-state index < -0.39 is 12.1 Å². The summed E-state index contributed by atoms with van der Waals surface area (Å²) in [4.78, 5) is 37.8. The minimum Gasteiger partial charge on any atom is -0.462 e. The minimum atomic E-state index is -0.814. The normalized spacial score (nSPS) is 12.5. The molecule has 0 aliphatic heterocycles. The maximum absolute atomic E-state index is 12.8. The first kappa shape index (κ1) is 59.1. The first-order chi connectivity index (χ1) is 30.5. The highest BCUT2D eigenvalue weighted by molar-refractivity contribution is 5.72. The number of allylic oxidation sites excluding steroid dienone is 9. The van der Waals surface area contributed by atoms with Crippen molar-refractivity contribution in [3.05, 3.63) is 60.8 Å². The highest BCUT2D eigenvalue weighted by atomic mass is 16.6. The van der Waals surface area contributed by atoms with Crippen LogP contribution in [0.1, 0.15) is 258 Å². The zero-order valence-electron chi connectivity index (χ0n) is 40.9. The zero-order chi connectivity index (χ0) is 45.1. The van der Waals surface area contributed by atoms with E-state index in [0.717, 1.165) is 70.6 Å². The molecule has 0 bridgehead atoms. The second-order valence-electron chi connectivity index (χ2n) is 17.4. The molecular formula is C56H98O6. The summed E-state index contributed by atoms with van der Waals surface area (Å²) in [6.45, 7) is 6.42. The Bertz CT molecular complexity index is 1130. The maximum atomic E-state index is 12.8. The molecule has 0 spiro atoms. The van der Waals surface area contributed by atoms with Crippen molar-refractivity contribution in [1.82, 2.24) is 0 Å². The van der Waals surface area contributed by atoms with Crippen LogP contribution in [0, 0.1) is 0 Å². The molecule has 6 heteroatoms. The summed E-state index contributed by atoms with van der Waals surface area (Å²) in [5.41, 5.74) is 0. The van der Waals surface area contributed by atoms with Gasteiger partial charge in [-0.05, 0) is 83.5 Å². The van der Waals surface area contributed by atoms with E-state index in [4.69, 9.17) is 14.2 Å². The molecule has 1 atom stereocenters. The predicted molar refractivity (Wildman–Crippen MR) is 265 cm³/mol. The number of carbonyl (C=O) groups is 3. The van der Waals surface area contributed by atoms with Gasteiger partial charge in [0.25, 0.3) is 0 Å². The van der Waals surface area contributed by atoms with E-state index >= 15 is 0 Å². The van der Waals surface area contributed by atoms with Crippen molar-refractivity contribution in [3.8, 4) is 0 Å². The van der Waals surface area contributed by atoms with E-state index in [1.807, 2.05) is 6.08 Å². The lowest BCUT2D eigenvalue weighted by Gasteiger charge is -2.18. The Balaban J connectivity index is 4.35. The molecular weight excluding hydrogens is 769 g/mol. The lowest BCUT2D eigenvalue weighted by atomic mass is 10.1. The minimum absolute atomic E-state index is 0.106. The van der Waals surface area contributed by atoms with Gasteiger partial charge in [0.2, 0.25) is 0 Å². The molecule has 6 nitrogen and oxygen atoms in total. The summed E-state index contributed by atoms with van der Waals surface area (Å²) in [6, 6.07) is 0. The quantitative estimate of drug-likeness (QED) is 0.0262. The third-order valence-corrected chi connectivity index (χ3v) is 11.3. The average Bonchev–Trinajstić information content (AvgIpc) is 3.27. The lowest BCUT2D eigenvalue weighted by Crippen LogP contribution is -2.30. The Kier molecular flexibility index (Phi) is 48.4. The van der Waals surface area contributed by atoms with E-state index in [0.29, 0.717) is 12.8 Å². The van der Waals surface area contributed by atoms with Crippen molar-refractivity contribution < 1.29 is 28.6 Å². The summed E-state index contributed by atoms with van der Waals surface area (Å²) in [5, 5.41) is 0. The van der Waals surface area contributed by atoms with Gasteiger partial charge in [-0.25, -0.2) is 0 Å². The molecule has 0 aliphatic carbocycles. The summed E-state index contributed by atoms with van der Waals surface area (Å²) >= 11 is 0. The van der Waals surface area contributed by atoms with Gasteiger partial charge in [-0.2, -0.15) is 0 Å². The van der Waals surface area contributed by atoms with E-state index in [2.05, 4.69) is 69.4 Å². The highest BCUT2D eigenvalue weighted by Crippen LogP contribution is 2.14. The van der Waals surface area contributed by atoms with Crippen LogP contribution in [0.15, 0.2) is 60.8 Å². The number of hydrogen-bond acceptors (Lipinski definition) is 6. The molecule has 0 aromatic rings. The molecule has 0 rings (SSSR count). The Morgan fingerprint density at radius 1 is 0.355 bits per heavy atom. The summed E-state index contributed by atoms with van der Waals surface area (Å²) in [7, 11) is 0. The second kappa shape index (κ2) is 50.8. The predicted octanol–water partition coefficient (Wildman–Crippen LogP) is 17.3. The van der Waals surface area contributed by atoms with Gasteiger partial charge < -0.3 is 14.2 Å². The Hall–Kier alpha value is -2.89. The second-order valence-corrected chi connectivity index (χ2v) is 17.4. The Labute approximate surface area is 383 Å². The molecule has 358 valence electrons. The molecule has 0 aromatic carbocycles. The highest BCUT2D eigenvalue weighted by Gasteiger charge is 2.19. The largest absolute Gasteiger partial charge is 0.462 e. The standard InChI is InChI=1S/C56H98O6/c1-4-7-10-13-16-19-21-23-25-27-28-29-31-32-34-37-40-43-46-49-55(58)61-52-53(51-60-54(57)48-45-42-39-36-18-15-12-9-6-3)62-56(59)50-47-44-41-38-35-33-30-26-24-22-20-17-14-11-8-5-2/h9,12,18,26-28,30,36,42,45,53H,4-8,10-11,13-17,19-25,29,31-35,37-41,43-44,46-52H2,1-3H3/b12-9-,28-27-,30-26-,36-18-,45-42-. The lowest BCUT2D eigenvalue weighted by molar-refractivity contribution is -0.166. The van der Waals surface area contributed by atoms with E-state index in [9.17, 15) is 14.4 Å². The fraction of sp³-hybridized carbons (Fsp3) is 0.768. The van der Waals surface area contributed by atoms with E-state index in [1.165, 1.54) is 148 Å². The van der Waals surface area contributed by atoms with Crippen LogP contribution in [0.5, 0.6) is 0 Å². The Morgan fingerprint density at radius 2 is 0.694 bits per heavy atom. The van der Waals surface area contributed by atoms with Gasteiger partial charge in [0, 0.05) is 12.8 Å². The molecule has 0 aliphatic rings. The maximum Gasteiger partial charge on any atom is 0.309 e. The van der Waals surface area contributed by atoms with Crippen molar-refractivity contribution in [1.29, 1.82) is 0 Å². The summed E-state index contributed by atoms with van der Waals surface area (Å²) < 4.78 is 16.7. The van der Waals surface area contributed by atoms with E-state index in [1.54, 1.807) is 6.08 Å². The molecule has 62 heavy (non-hydrogen) atoms. The first-order valence-electron chi connectivity index (χ1n) is 26.3. The van der Waals surface area contributed by atoms with Crippen molar-refractivity contribution in [2.24, 2.45) is 0 Å². The number of ether oxygens (including phenoxy) is 3. The fourth-order valence-corrected chi connectivity index (χ4v) is 7.32. The van der Waals surface area contributed by atoms with Crippen LogP contribution in [0.2, 0.25) is 0 Å². The topological polar surface area (TPSA) is 78.9 Å². The van der Waals surface area contributed by atoms with Crippen LogP contribution in [0.25, 0.3) is 0 Å². The average molecular weight is 867 g/mol. The molecule has 0 fully saturated rings. The van der Waals surface area contributed by atoms with Crippen LogP contribution in [-0.2, 0) is 28.6 Å². The molecule has 1 unspecified atom stereocenters. The van der Waals surface area contributed by atoms with Crippen molar-refractivity contribution in [2.45, 2.75) is 264 Å². The zero-order valence-corrected chi connectivity index (χ0v) is 40.9. The molecule has 0 saturated heterocycles. The van der Waals surface area contributed by atoms with Gasteiger partial charge in [0.05, 0.1) is 6.42 Å². The summed E-state index contributed by atoms with van der Waals surface area (Å²) in [6.07, 6.45) is 62.5. The number of hydrogen-bond donors (Lipinski definition) is 0. The van der Waals surface area contributed by atoms with Gasteiger partial charge >= 0.3 is 17.9 Å². The van der Waals surface area contributed by atoms with Crippen LogP contribution < -0.4 is 0 Å². The van der Waals surface area contributed by atoms with Crippen LogP contribution in [0.4, 0.5) is 0 Å². The van der Waals surface area contributed by atoms with Gasteiger partial charge in [-0.15, -0.1) is 0 Å². The van der Waals surface area contributed by atoms with Crippen molar-refractivity contribution in [2.75, 3.05) is 13.2 Å². The van der Waals surface area contributed by atoms with Crippen molar-refractivity contribution in [3.63, 3.8) is 0 Å².